The zero-order valence-electron chi connectivity index (χ0n) is 12.0. The third kappa shape index (κ3) is 2.62. The number of carbonyl (C=O) groups excluding carboxylic acids is 1. The molecule has 0 unspecified atom stereocenters. The summed E-state index contributed by atoms with van der Waals surface area (Å²) in [4.78, 5) is 11.5. The number of allylic oxidation sites excluding steroid dienone is 2. The number of aliphatic hydroxyl groups excluding tert-OH is 1. The summed E-state index contributed by atoms with van der Waals surface area (Å²) >= 11 is 0. The number of ketones is 1. The lowest BCUT2D eigenvalue weighted by molar-refractivity contribution is -0.131. The highest BCUT2D eigenvalue weighted by atomic mass is 16.3. The largest absolute Gasteiger partial charge is 0.392 e. The van der Waals surface area contributed by atoms with Gasteiger partial charge in [-0.05, 0) is 38.0 Å². The second-order valence-corrected chi connectivity index (χ2v) is 6.57. The molecule has 0 fully saturated rings. The van der Waals surface area contributed by atoms with Gasteiger partial charge in [0.1, 0.15) is 5.78 Å². The van der Waals surface area contributed by atoms with Crippen LogP contribution >= 0.6 is 0 Å². The van der Waals surface area contributed by atoms with Crippen molar-refractivity contribution >= 4 is 5.78 Å². The highest BCUT2D eigenvalue weighted by molar-refractivity contribution is 5.82. The summed E-state index contributed by atoms with van der Waals surface area (Å²) in [5, 5.41) is 10.3. The quantitative estimate of drug-likeness (QED) is 0.763. The first-order chi connectivity index (χ1) is 7.60. The Kier molecular flexibility index (Phi) is 3.87. The van der Waals surface area contributed by atoms with Crippen LogP contribution in [-0.4, -0.2) is 17.0 Å². The molecule has 0 aromatic heterocycles. The van der Waals surface area contributed by atoms with E-state index in [1.54, 1.807) is 6.92 Å². The summed E-state index contributed by atoms with van der Waals surface area (Å²) in [5.74, 6) is 0.501. The second-order valence-electron chi connectivity index (χ2n) is 6.57. The lowest BCUT2D eigenvalue weighted by Crippen LogP contribution is -2.38. The van der Waals surface area contributed by atoms with E-state index in [0.717, 1.165) is 6.42 Å². The van der Waals surface area contributed by atoms with E-state index in [4.69, 9.17) is 0 Å². The number of carbonyl (C=O) groups is 1. The van der Waals surface area contributed by atoms with Gasteiger partial charge in [0.25, 0.3) is 0 Å². The molecule has 0 aromatic rings. The predicted molar refractivity (Wildman–Crippen MR) is 70.7 cm³/mol. The summed E-state index contributed by atoms with van der Waals surface area (Å²) in [7, 11) is 0. The van der Waals surface area contributed by atoms with Crippen molar-refractivity contribution in [2.24, 2.45) is 16.7 Å². The minimum atomic E-state index is -0.632. The van der Waals surface area contributed by atoms with E-state index in [0.29, 0.717) is 12.3 Å². The molecule has 0 aliphatic heterocycles. The third-order valence-electron chi connectivity index (χ3n) is 4.99. The molecule has 0 spiro atoms. The Balaban J connectivity index is 2.72. The van der Waals surface area contributed by atoms with E-state index in [2.05, 4.69) is 26.8 Å². The minimum Gasteiger partial charge on any atom is -0.392 e. The van der Waals surface area contributed by atoms with Gasteiger partial charge in [-0.1, -0.05) is 39.3 Å². The van der Waals surface area contributed by atoms with E-state index in [9.17, 15) is 9.90 Å². The van der Waals surface area contributed by atoms with Gasteiger partial charge in [-0.25, -0.2) is 0 Å². The SMILES string of the molecule is CC(=O)C(C)(C)[C@H](O)C[C@@H]1CC=C(C)C1(C)C. The molecule has 2 heteroatoms. The topological polar surface area (TPSA) is 37.3 Å². The molecular weight excluding hydrogens is 212 g/mol. The number of hydrogen-bond acceptors (Lipinski definition) is 2. The number of aliphatic hydroxyl groups is 1. The Hall–Kier alpha value is -0.630. The molecule has 17 heavy (non-hydrogen) atoms. The van der Waals surface area contributed by atoms with Crippen LogP contribution in [0, 0.1) is 16.7 Å². The van der Waals surface area contributed by atoms with Crippen LogP contribution in [0.1, 0.15) is 54.4 Å². The van der Waals surface area contributed by atoms with Crippen LogP contribution < -0.4 is 0 Å². The highest BCUT2D eigenvalue weighted by Gasteiger charge is 2.40. The van der Waals surface area contributed by atoms with Crippen LogP contribution in [0.4, 0.5) is 0 Å². The molecule has 0 saturated carbocycles. The zero-order valence-corrected chi connectivity index (χ0v) is 12.0. The maximum Gasteiger partial charge on any atom is 0.137 e. The zero-order chi connectivity index (χ0) is 13.4. The predicted octanol–water partition coefficient (Wildman–Crippen LogP) is 3.35. The standard InChI is InChI=1S/C15H26O2/c1-10-7-8-12(14(10,3)4)9-13(17)15(5,6)11(2)16/h7,12-13,17H,8-9H2,1-6H3/t12-,13+/m0/s1. The number of Topliss-reactive ketones (excluding diaryl/α,β-unsaturated/α-hetero) is 1. The van der Waals surface area contributed by atoms with Gasteiger partial charge < -0.3 is 5.11 Å². The first kappa shape index (κ1) is 14.4. The Morgan fingerprint density at radius 2 is 2.12 bits per heavy atom. The van der Waals surface area contributed by atoms with Crippen molar-refractivity contribution in [2.45, 2.75) is 60.5 Å². The first-order valence-corrected chi connectivity index (χ1v) is 6.46. The van der Waals surface area contributed by atoms with Crippen molar-refractivity contribution < 1.29 is 9.90 Å². The van der Waals surface area contributed by atoms with Gasteiger partial charge in [0.15, 0.2) is 0 Å². The summed E-state index contributed by atoms with van der Waals surface area (Å²) in [6.07, 6.45) is 3.43. The normalized spacial score (nSPS) is 25.6. The van der Waals surface area contributed by atoms with Crippen LogP contribution in [0.2, 0.25) is 0 Å². The average molecular weight is 238 g/mol. The summed E-state index contributed by atoms with van der Waals surface area (Å²) in [6.45, 7) is 11.8. The molecule has 0 bridgehead atoms. The summed E-state index contributed by atoms with van der Waals surface area (Å²) < 4.78 is 0. The molecule has 1 N–H and O–H groups in total. The Morgan fingerprint density at radius 1 is 1.59 bits per heavy atom. The lowest BCUT2D eigenvalue weighted by Gasteiger charge is -2.35. The van der Waals surface area contributed by atoms with Crippen molar-refractivity contribution in [1.29, 1.82) is 0 Å². The van der Waals surface area contributed by atoms with E-state index in [-0.39, 0.29) is 11.2 Å². The summed E-state index contributed by atoms with van der Waals surface area (Å²) in [5.41, 5.74) is 0.913. The maximum atomic E-state index is 11.5. The first-order valence-electron chi connectivity index (χ1n) is 6.46. The molecule has 0 aromatic carbocycles. The molecule has 98 valence electrons. The molecule has 0 amide bonds. The average Bonchev–Trinajstić information content (AvgIpc) is 2.44. The number of rotatable bonds is 4. The van der Waals surface area contributed by atoms with Crippen LogP contribution in [0.5, 0.6) is 0 Å². The van der Waals surface area contributed by atoms with Gasteiger partial charge in [0, 0.05) is 5.41 Å². The molecule has 0 radical (unpaired) electrons. The van der Waals surface area contributed by atoms with Crippen LogP contribution in [0.25, 0.3) is 0 Å². The Labute approximate surface area is 105 Å². The fourth-order valence-corrected chi connectivity index (χ4v) is 2.39. The van der Waals surface area contributed by atoms with Crippen molar-refractivity contribution in [2.75, 3.05) is 0 Å². The van der Waals surface area contributed by atoms with Gasteiger partial charge in [0.2, 0.25) is 0 Å². The Bertz CT molecular complexity index is 337. The van der Waals surface area contributed by atoms with Crippen molar-refractivity contribution in [3.05, 3.63) is 11.6 Å². The molecule has 1 aliphatic rings. The van der Waals surface area contributed by atoms with E-state index in [1.807, 2.05) is 13.8 Å². The molecule has 1 aliphatic carbocycles. The van der Waals surface area contributed by atoms with Gasteiger partial charge >= 0.3 is 0 Å². The fraction of sp³-hybridized carbons (Fsp3) is 0.800. The second kappa shape index (κ2) is 4.56. The van der Waals surface area contributed by atoms with Gasteiger partial charge in [0.05, 0.1) is 6.10 Å². The Morgan fingerprint density at radius 3 is 2.47 bits per heavy atom. The molecule has 2 nitrogen and oxygen atoms in total. The molecule has 0 heterocycles. The van der Waals surface area contributed by atoms with Crippen LogP contribution in [0.15, 0.2) is 11.6 Å². The van der Waals surface area contributed by atoms with Gasteiger partial charge in [-0.15, -0.1) is 0 Å². The summed E-state index contributed by atoms with van der Waals surface area (Å²) in [6, 6.07) is 0. The molecule has 0 saturated heterocycles. The maximum absolute atomic E-state index is 11.5. The third-order valence-corrected chi connectivity index (χ3v) is 4.99. The van der Waals surface area contributed by atoms with Gasteiger partial charge in [-0.3, -0.25) is 4.79 Å². The highest BCUT2D eigenvalue weighted by Crippen LogP contribution is 2.46. The fourth-order valence-electron chi connectivity index (χ4n) is 2.39. The van der Waals surface area contributed by atoms with Crippen LogP contribution in [0.3, 0.4) is 0 Å². The lowest BCUT2D eigenvalue weighted by atomic mass is 9.71. The van der Waals surface area contributed by atoms with E-state index >= 15 is 0 Å². The smallest absolute Gasteiger partial charge is 0.137 e. The molecule has 2 atom stereocenters. The number of hydrogen-bond donors (Lipinski definition) is 1. The van der Waals surface area contributed by atoms with Crippen molar-refractivity contribution in [1.82, 2.24) is 0 Å². The van der Waals surface area contributed by atoms with Crippen LogP contribution in [-0.2, 0) is 4.79 Å². The van der Waals surface area contributed by atoms with Crippen molar-refractivity contribution in [3.63, 3.8) is 0 Å². The molecule has 1 rings (SSSR count). The van der Waals surface area contributed by atoms with Gasteiger partial charge in [-0.2, -0.15) is 0 Å². The minimum absolute atomic E-state index is 0.0606. The van der Waals surface area contributed by atoms with Crippen molar-refractivity contribution in [3.8, 4) is 0 Å². The van der Waals surface area contributed by atoms with E-state index in [1.165, 1.54) is 5.57 Å². The van der Waals surface area contributed by atoms with E-state index < -0.39 is 11.5 Å². The monoisotopic (exact) mass is 238 g/mol. The molecular formula is C15H26O2.